The lowest BCUT2D eigenvalue weighted by Gasteiger charge is -2.10. The molecule has 0 aliphatic carbocycles. The SMILES string of the molecule is O=C/C=C(/CCc1ccc2cc(O)ccc2c1)c1ccc2ccccc2c1. The van der Waals surface area contributed by atoms with E-state index >= 15 is 0 Å². The first-order valence-corrected chi connectivity index (χ1v) is 9.08. The monoisotopic (exact) mass is 352 g/mol. The van der Waals surface area contributed by atoms with Gasteiger partial charge < -0.3 is 5.11 Å². The van der Waals surface area contributed by atoms with Crippen molar-refractivity contribution in [1.29, 1.82) is 0 Å². The molecule has 4 aromatic carbocycles. The maximum atomic E-state index is 11.2. The van der Waals surface area contributed by atoms with E-state index in [0.717, 1.165) is 41.0 Å². The zero-order valence-electron chi connectivity index (χ0n) is 14.9. The summed E-state index contributed by atoms with van der Waals surface area (Å²) < 4.78 is 0. The summed E-state index contributed by atoms with van der Waals surface area (Å²) in [6.07, 6.45) is 4.18. The molecule has 27 heavy (non-hydrogen) atoms. The van der Waals surface area contributed by atoms with E-state index in [0.29, 0.717) is 0 Å². The van der Waals surface area contributed by atoms with E-state index in [4.69, 9.17) is 0 Å². The lowest BCUT2D eigenvalue weighted by Crippen LogP contribution is -1.91. The predicted molar refractivity (Wildman–Crippen MR) is 112 cm³/mol. The third-order valence-corrected chi connectivity index (χ3v) is 4.96. The van der Waals surface area contributed by atoms with Crippen LogP contribution in [0, 0.1) is 0 Å². The van der Waals surface area contributed by atoms with Gasteiger partial charge in [0.2, 0.25) is 0 Å². The molecule has 0 radical (unpaired) electrons. The Morgan fingerprint density at radius 1 is 0.778 bits per heavy atom. The molecule has 2 heteroatoms. The van der Waals surface area contributed by atoms with Crippen molar-refractivity contribution in [2.24, 2.45) is 0 Å². The number of rotatable bonds is 5. The van der Waals surface area contributed by atoms with Crippen LogP contribution in [-0.4, -0.2) is 11.4 Å². The summed E-state index contributed by atoms with van der Waals surface area (Å²) in [4.78, 5) is 11.2. The van der Waals surface area contributed by atoms with Crippen LogP contribution in [0.1, 0.15) is 17.5 Å². The molecule has 0 aromatic heterocycles. The fraction of sp³-hybridized carbons (Fsp3) is 0.0800. The second kappa shape index (κ2) is 7.46. The van der Waals surface area contributed by atoms with Gasteiger partial charge in [-0.1, -0.05) is 60.7 Å². The average molecular weight is 352 g/mol. The third-order valence-electron chi connectivity index (χ3n) is 4.96. The summed E-state index contributed by atoms with van der Waals surface area (Å²) >= 11 is 0. The Kier molecular flexibility index (Phi) is 4.71. The van der Waals surface area contributed by atoms with Crippen molar-refractivity contribution in [3.05, 3.63) is 96.1 Å². The molecule has 0 saturated carbocycles. The number of benzene rings is 4. The zero-order chi connectivity index (χ0) is 18.6. The Balaban J connectivity index is 1.59. The van der Waals surface area contributed by atoms with Gasteiger partial charge in [-0.2, -0.15) is 0 Å². The molecule has 1 N–H and O–H groups in total. The smallest absolute Gasteiger partial charge is 0.143 e. The number of hydrogen-bond acceptors (Lipinski definition) is 2. The van der Waals surface area contributed by atoms with E-state index in [1.165, 1.54) is 16.3 Å². The summed E-state index contributed by atoms with van der Waals surface area (Å²) in [6.45, 7) is 0. The molecule has 4 rings (SSSR count). The maximum Gasteiger partial charge on any atom is 0.143 e. The molecule has 0 amide bonds. The van der Waals surface area contributed by atoms with Crippen molar-refractivity contribution in [2.45, 2.75) is 12.8 Å². The summed E-state index contributed by atoms with van der Waals surface area (Å²) in [6, 6.07) is 26.2. The highest BCUT2D eigenvalue weighted by atomic mass is 16.3. The average Bonchev–Trinajstić information content (AvgIpc) is 2.70. The van der Waals surface area contributed by atoms with E-state index in [-0.39, 0.29) is 5.75 Å². The number of allylic oxidation sites excluding steroid dienone is 2. The van der Waals surface area contributed by atoms with Crippen molar-refractivity contribution in [3.8, 4) is 5.75 Å². The molecule has 0 heterocycles. The van der Waals surface area contributed by atoms with E-state index in [9.17, 15) is 9.90 Å². The molecule has 0 bridgehead atoms. The van der Waals surface area contributed by atoms with Gasteiger partial charge in [0, 0.05) is 0 Å². The van der Waals surface area contributed by atoms with E-state index < -0.39 is 0 Å². The molecule has 0 aliphatic rings. The molecule has 0 fully saturated rings. The van der Waals surface area contributed by atoms with E-state index in [1.807, 2.05) is 24.3 Å². The minimum absolute atomic E-state index is 0.280. The van der Waals surface area contributed by atoms with E-state index in [2.05, 4.69) is 42.5 Å². The summed E-state index contributed by atoms with van der Waals surface area (Å²) in [5.74, 6) is 0.280. The molecular weight excluding hydrogens is 332 g/mol. The number of carbonyl (C=O) groups is 1. The van der Waals surface area contributed by atoms with Gasteiger partial charge in [0.25, 0.3) is 0 Å². The van der Waals surface area contributed by atoms with Crippen LogP contribution in [0.5, 0.6) is 5.75 Å². The predicted octanol–water partition coefficient (Wildman–Crippen LogP) is 5.91. The molecule has 4 aromatic rings. The Hall–Kier alpha value is -3.39. The number of aryl methyl sites for hydroxylation is 1. The van der Waals surface area contributed by atoms with Crippen molar-refractivity contribution in [3.63, 3.8) is 0 Å². The van der Waals surface area contributed by atoms with Crippen LogP contribution in [0.15, 0.2) is 84.9 Å². The molecule has 0 atom stereocenters. The lowest BCUT2D eigenvalue weighted by molar-refractivity contribution is -0.104. The minimum Gasteiger partial charge on any atom is -0.508 e. The second-order valence-corrected chi connectivity index (χ2v) is 6.76. The number of fused-ring (bicyclic) bond motifs is 2. The quantitative estimate of drug-likeness (QED) is 0.358. The summed E-state index contributed by atoms with van der Waals surface area (Å²) in [5, 5.41) is 14.1. The highest BCUT2D eigenvalue weighted by Gasteiger charge is 2.05. The topological polar surface area (TPSA) is 37.3 Å². The molecular formula is C25H20O2. The van der Waals surface area contributed by atoms with Crippen LogP contribution in [0.25, 0.3) is 27.1 Å². The van der Waals surface area contributed by atoms with E-state index in [1.54, 1.807) is 18.2 Å². The first-order chi connectivity index (χ1) is 13.2. The van der Waals surface area contributed by atoms with Gasteiger partial charge in [-0.3, -0.25) is 4.79 Å². The largest absolute Gasteiger partial charge is 0.508 e. The number of hydrogen-bond donors (Lipinski definition) is 1. The fourth-order valence-corrected chi connectivity index (χ4v) is 3.51. The van der Waals surface area contributed by atoms with Gasteiger partial charge in [0.15, 0.2) is 0 Å². The number of phenols is 1. The third kappa shape index (κ3) is 3.75. The molecule has 2 nitrogen and oxygen atoms in total. The highest BCUT2D eigenvalue weighted by molar-refractivity contribution is 5.89. The van der Waals surface area contributed by atoms with Crippen molar-refractivity contribution in [2.75, 3.05) is 0 Å². The van der Waals surface area contributed by atoms with Crippen LogP contribution >= 0.6 is 0 Å². The Bertz CT molecular complexity index is 1160. The molecule has 132 valence electrons. The number of carbonyl (C=O) groups excluding carboxylic acids is 1. The molecule has 0 unspecified atom stereocenters. The Labute approximate surface area is 158 Å². The van der Waals surface area contributed by atoms with Gasteiger partial charge in [-0.05, 0) is 75.4 Å². The highest BCUT2D eigenvalue weighted by Crippen LogP contribution is 2.26. The van der Waals surface area contributed by atoms with Gasteiger partial charge in [0.1, 0.15) is 12.0 Å². The van der Waals surface area contributed by atoms with Crippen LogP contribution in [-0.2, 0) is 11.2 Å². The van der Waals surface area contributed by atoms with Gasteiger partial charge in [-0.25, -0.2) is 0 Å². The first kappa shape index (κ1) is 17.0. The normalized spacial score (nSPS) is 11.8. The van der Waals surface area contributed by atoms with Crippen LogP contribution in [0.2, 0.25) is 0 Å². The number of aromatic hydroxyl groups is 1. The summed E-state index contributed by atoms with van der Waals surface area (Å²) in [5.41, 5.74) is 3.35. The van der Waals surface area contributed by atoms with Crippen LogP contribution < -0.4 is 0 Å². The number of aldehydes is 1. The van der Waals surface area contributed by atoms with Crippen molar-refractivity contribution >= 4 is 33.4 Å². The standard InChI is InChI=1S/C25H20O2/c26-14-13-20(23-10-9-19-3-1-2-4-21(19)16-23)7-5-18-6-8-24-17-25(27)12-11-22(24)15-18/h1-4,6,8-17,27H,5,7H2/b20-13-. The molecule has 0 aliphatic heterocycles. The zero-order valence-corrected chi connectivity index (χ0v) is 14.9. The molecule has 0 spiro atoms. The Morgan fingerprint density at radius 2 is 1.48 bits per heavy atom. The fourth-order valence-electron chi connectivity index (χ4n) is 3.51. The lowest BCUT2D eigenvalue weighted by atomic mass is 9.95. The van der Waals surface area contributed by atoms with Gasteiger partial charge in [-0.15, -0.1) is 0 Å². The van der Waals surface area contributed by atoms with Crippen LogP contribution in [0.3, 0.4) is 0 Å². The van der Waals surface area contributed by atoms with Gasteiger partial charge >= 0.3 is 0 Å². The summed E-state index contributed by atoms with van der Waals surface area (Å²) in [7, 11) is 0. The molecule has 0 saturated heterocycles. The number of phenolic OH excluding ortho intramolecular Hbond substituents is 1. The van der Waals surface area contributed by atoms with Crippen molar-refractivity contribution in [1.82, 2.24) is 0 Å². The van der Waals surface area contributed by atoms with Crippen LogP contribution in [0.4, 0.5) is 0 Å². The maximum absolute atomic E-state index is 11.2. The Morgan fingerprint density at radius 3 is 2.33 bits per heavy atom. The first-order valence-electron chi connectivity index (χ1n) is 9.08. The second-order valence-electron chi connectivity index (χ2n) is 6.76. The minimum atomic E-state index is 0.280. The van der Waals surface area contributed by atoms with Gasteiger partial charge in [0.05, 0.1) is 0 Å². The van der Waals surface area contributed by atoms with Crippen molar-refractivity contribution < 1.29 is 9.90 Å².